The predicted molar refractivity (Wildman–Crippen MR) is 76.1 cm³/mol. The maximum Gasteiger partial charge on any atom is 0.224 e. The number of nitrogens with one attached hydrogen (secondary N) is 2. The summed E-state index contributed by atoms with van der Waals surface area (Å²) in [6, 6.07) is 0. The Labute approximate surface area is 116 Å². The third kappa shape index (κ3) is 3.84. The van der Waals surface area contributed by atoms with Crippen molar-refractivity contribution < 1.29 is 4.79 Å². The molecule has 0 spiro atoms. The van der Waals surface area contributed by atoms with Crippen molar-refractivity contribution in [3.05, 3.63) is 0 Å². The van der Waals surface area contributed by atoms with Gasteiger partial charge in [0.05, 0.1) is 5.92 Å². The average Bonchev–Trinajstić information content (AvgIpc) is 2.75. The average molecular weight is 276 g/mol. The monoisotopic (exact) mass is 275 g/mol. The highest BCUT2D eigenvalue weighted by molar-refractivity contribution is 5.85. The molecule has 1 amide bonds. The summed E-state index contributed by atoms with van der Waals surface area (Å²) in [5.41, 5.74) is 0.407. The van der Waals surface area contributed by atoms with Crippen LogP contribution in [0.2, 0.25) is 0 Å². The zero-order valence-electron chi connectivity index (χ0n) is 11.5. The summed E-state index contributed by atoms with van der Waals surface area (Å²) in [4.78, 5) is 14.2. The molecule has 0 aliphatic carbocycles. The van der Waals surface area contributed by atoms with Crippen molar-refractivity contribution >= 4 is 18.3 Å². The molecular formula is C13H26ClN3O. The number of carbonyl (C=O) groups excluding carboxylic acids is 1. The van der Waals surface area contributed by atoms with Gasteiger partial charge in [0.15, 0.2) is 0 Å². The van der Waals surface area contributed by atoms with E-state index in [-0.39, 0.29) is 24.2 Å². The lowest BCUT2D eigenvalue weighted by Crippen LogP contribution is -2.46. The molecule has 106 valence electrons. The van der Waals surface area contributed by atoms with Gasteiger partial charge >= 0.3 is 0 Å². The number of piperidine rings is 1. The highest BCUT2D eigenvalue weighted by Gasteiger charge is 2.33. The maximum absolute atomic E-state index is 11.7. The Kier molecular flexibility index (Phi) is 5.89. The Hall–Kier alpha value is -0.320. The van der Waals surface area contributed by atoms with Gasteiger partial charge in [-0.2, -0.15) is 0 Å². The van der Waals surface area contributed by atoms with Gasteiger partial charge in [-0.3, -0.25) is 4.79 Å². The van der Waals surface area contributed by atoms with Gasteiger partial charge in [0, 0.05) is 26.7 Å². The zero-order valence-corrected chi connectivity index (χ0v) is 12.3. The topological polar surface area (TPSA) is 44.4 Å². The third-order valence-corrected chi connectivity index (χ3v) is 4.19. The number of nitrogens with zero attached hydrogens (tertiary/aromatic N) is 1. The second kappa shape index (κ2) is 6.73. The van der Waals surface area contributed by atoms with Gasteiger partial charge in [0.2, 0.25) is 5.91 Å². The first-order valence-corrected chi connectivity index (χ1v) is 6.78. The van der Waals surface area contributed by atoms with E-state index in [1.807, 2.05) is 0 Å². The van der Waals surface area contributed by atoms with Crippen LogP contribution >= 0.6 is 12.4 Å². The molecule has 2 heterocycles. The van der Waals surface area contributed by atoms with Crippen molar-refractivity contribution in [3.8, 4) is 0 Å². The van der Waals surface area contributed by atoms with Gasteiger partial charge in [-0.1, -0.05) is 6.92 Å². The molecule has 0 saturated carbocycles. The van der Waals surface area contributed by atoms with Crippen LogP contribution in [0.1, 0.15) is 26.2 Å². The number of amides is 1. The van der Waals surface area contributed by atoms with Crippen LogP contribution in [0.15, 0.2) is 0 Å². The molecule has 2 atom stereocenters. The number of hydrogen-bond acceptors (Lipinski definition) is 3. The predicted octanol–water partition coefficient (Wildman–Crippen LogP) is 0.866. The number of hydrogen-bond donors (Lipinski definition) is 2. The van der Waals surface area contributed by atoms with Crippen molar-refractivity contribution in [2.24, 2.45) is 11.3 Å². The molecule has 0 radical (unpaired) electrons. The van der Waals surface area contributed by atoms with E-state index >= 15 is 0 Å². The minimum Gasteiger partial charge on any atom is -0.359 e. The van der Waals surface area contributed by atoms with E-state index in [0.29, 0.717) is 5.41 Å². The molecular weight excluding hydrogens is 250 g/mol. The van der Waals surface area contributed by atoms with E-state index < -0.39 is 0 Å². The molecule has 2 saturated heterocycles. The normalized spacial score (nSPS) is 32.9. The molecule has 2 aliphatic rings. The Morgan fingerprint density at radius 3 is 2.94 bits per heavy atom. The summed E-state index contributed by atoms with van der Waals surface area (Å²) < 4.78 is 0. The highest BCUT2D eigenvalue weighted by atomic mass is 35.5. The maximum atomic E-state index is 11.7. The summed E-state index contributed by atoms with van der Waals surface area (Å²) in [5.74, 6) is 0.413. The molecule has 2 fully saturated rings. The third-order valence-electron chi connectivity index (χ3n) is 4.19. The van der Waals surface area contributed by atoms with Gasteiger partial charge < -0.3 is 15.5 Å². The van der Waals surface area contributed by atoms with Crippen LogP contribution in [-0.2, 0) is 4.79 Å². The molecule has 2 rings (SSSR count). The lowest BCUT2D eigenvalue weighted by atomic mass is 9.87. The Balaban J connectivity index is 0.00000162. The van der Waals surface area contributed by atoms with Crippen LogP contribution in [-0.4, -0.2) is 50.6 Å². The second-order valence-electron chi connectivity index (χ2n) is 5.93. The SMILES string of the molecule is CNC(=O)C1CCCN(CC2(C)CCNC2)C1.Cl. The molecule has 0 aromatic carbocycles. The first kappa shape index (κ1) is 15.7. The molecule has 2 unspecified atom stereocenters. The molecule has 0 aromatic heterocycles. The standard InChI is InChI=1S/C13H25N3O.ClH/c1-13(5-6-15-9-13)10-16-7-3-4-11(8-16)12(17)14-2;/h11,15H,3-10H2,1-2H3,(H,14,17);1H. The van der Waals surface area contributed by atoms with E-state index in [1.165, 1.54) is 6.42 Å². The fourth-order valence-corrected chi connectivity index (χ4v) is 3.16. The first-order valence-electron chi connectivity index (χ1n) is 6.78. The van der Waals surface area contributed by atoms with E-state index in [9.17, 15) is 4.79 Å². The van der Waals surface area contributed by atoms with Crippen LogP contribution in [0.25, 0.3) is 0 Å². The highest BCUT2D eigenvalue weighted by Crippen LogP contribution is 2.28. The van der Waals surface area contributed by atoms with Crippen LogP contribution in [0.3, 0.4) is 0 Å². The number of likely N-dealkylation sites (tertiary alicyclic amines) is 1. The quantitative estimate of drug-likeness (QED) is 0.803. The Morgan fingerprint density at radius 1 is 1.56 bits per heavy atom. The Bertz CT molecular complexity index is 279. The lowest BCUT2D eigenvalue weighted by Gasteiger charge is -2.37. The van der Waals surface area contributed by atoms with Crippen LogP contribution in [0, 0.1) is 11.3 Å². The summed E-state index contributed by atoms with van der Waals surface area (Å²) in [7, 11) is 1.74. The molecule has 0 aromatic rings. The number of rotatable bonds is 3. The summed E-state index contributed by atoms with van der Waals surface area (Å²) in [6.07, 6.45) is 3.46. The summed E-state index contributed by atoms with van der Waals surface area (Å²) >= 11 is 0. The molecule has 2 aliphatic heterocycles. The lowest BCUT2D eigenvalue weighted by molar-refractivity contribution is -0.126. The van der Waals surface area contributed by atoms with Crippen molar-refractivity contribution in [3.63, 3.8) is 0 Å². The second-order valence-corrected chi connectivity index (χ2v) is 5.93. The Morgan fingerprint density at radius 2 is 2.33 bits per heavy atom. The molecule has 4 nitrogen and oxygen atoms in total. The smallest absolute Gasteiger partial charge is 0.224 e. The minimum absolute atomic E-state index is 0. The molecule has 2 N–H and O–H groups in total. The van der Waals surface area contributed by atoms with Gasteiger partial charge in [-0.15, -0.1) is 12.4 Å². The van der Waals surface area contributed by atoms with Gasteiger partial charge in [-0.05, 0) is 37.8 Å². The van der Waals surface area contributed by atoms with Crippen molar-refractivity contribution in [2.75, 3.05) is 39.8 Å². The van der Waals surface area contributed by atoms with Gasteiger partial charge in [0.25, 0.3) is 0 Å². The van der Waals surface area contributed by atoms with Crippen molar-refractivity contribution in [1.29, 1.82) is 0 Å². The first-order chi connectivity index (χ1) is 8.13. The van der Waals surface area contributed by atoms with E-state index in [1.54, 1.807) is 7.05 Å². The number of halogens is 1. The van der Waals surface area contributed by atoms with Crippen LogP contribution in [0.5, 0.6) is 0 Å². The summed E-state index contributed by atoms with van der Waals surface area (Å²) in [6.45, 7) is 7.85. The van der Waals surface area contributed by atoms with E-state index in [2.05, 4.69) is 22.5 Å². The molecule has 5 heteroatoms. The van der Waals surface area contributed by atoms with E-state index in [4.69, 9.17) is 0 Å². The summed E-state index contributed by atoms with van der Waals surface area (Å²) in [5, 5.41) is 6.22. The van der Waals surface area contributed by atoms with Gasteiger partial charge in [0.1, 0.15) is 0 Å². The fraction of sp³-hybridized carbons (Fsp3) is 0.923. The number of carbonyl (C=O) groups is 1. The minimum atomic E-state index is 0. The van der Waals surface area contributed by atoms with Crippen molar-refractivity contribution in [2.45, 2.75) is 26.2 Å². The zero-order chi connectivity index (χ0) is 12.3. The van der Waals surface area contributed by atoms with E-state index in [0.717, 1.165) is 45.6 Å². The van der Waals surface area contributed by atoms with Crippen LogP contribution in [0.4, 0.5) is 0 Å². The van der Waals surface area contributed by atoms with Gasteiger partial charge in [-0.25, -0.2) is 0 Å². The largest absolute Gasteiger partial charge is 0.359 e. The molecule has 0 bridgehead atoms. The fourth-order valence-electron chi connectivity index (χ4n) is 3.16. The van der Waals surface area contributed by atoms with Crippen molar-refractivity contribution in [1.82, 2.24) is 15.5 Å². The molecule has 18 heavy (non-hydrogen) atoms. The van der Waals surface area contributed by atoms with Crippen LogP contribution < -0.4 is 10.6 Å².